The van der Waals surface area contributed by atoms with E-state index < -0.39 is 6.04 Å². The number of nitrogens with zero attached hydrogens (tertiary/aromatic N) is 1. The highest BCUT2D eigenvalue weighted by atomic mass is 16.5. The van der Waals surface area contributed by atoms with Crippen LogP contribution in [0.2, 0.25) is 0 Å². The van der Waals surface area contributed by atoms with Gasteiger partial charge in [0.05, 0.1) is 14.2 Å². The Morgan fingerprint density at radius 2 is 1.78 bits per heavy atom. The molecule has 6 nitrogen and oxygen atoms in total. The van der Waals surface area contributed by atoms with Crippen LogP contribution in [0.3, 0.4) is 0 Å². The SMILES string of the molecule is CCCCNC(=O)C(C)N(Cc1ccccc1C)C(=O)CCc1ccc(OC)c(OC)c1. The second-order valence-corrected chi connectivity index (χ2v) is 7.96. The lowest BCUT2D eigenvalue weighted by molar-refractivity contribution is -0.140. The monoisotopic (exact) mass is 440 g/mol. The molecule has 174 valence electrons. The zero-order valence-electron chi connectivity index (χ0n) is 19.9. The van der Waals surface area contributed by atoms with E-state index in [9.17, 15) is 9.59 Å². The highest BCUT2D eigenvalue weighted by Gasteiger charge is 2.26. The predicted molar refractivity (Wildman–Crippen MR) is 127 cm³/mol. The smallest absolute Gasteiger partial charge is 0.242 e. The Hall–Kier alpha value is -3.02. The van der Waals surface area contributed by atoms with Crippen molar-refractivity contribution < 1.29 is 19.1 Å². The van der Waals surface area contributed by atoms with E-state index in [0.29, 0.717) is 37.4 Å². The summed E-state index contributed by atoms with van der Waals surface area (Å²) in [6.07, 6.45) is 2.77. The van der Waals surface area contributed by atoms with E-state index in [0.717, 1.165) is 29.5 Å². The predicted octanol–water partition coefficient (Wildman–Crippen LogP) is 4.28. The molecule has 2 amide bonds. The molecule has 0 fully saturated rings. The molecule has 2 aromatic carbocycles. The Labute approximate surface area is 191 Å². The van der Waals surface area contributed by atoms with Gasteiger partial charge in [0, 0.05) is 19.5 Å². The second kappa shape index (κ2) is 12.7. The zero-order valence-corrected chi connectivity index (χ0v) is 19.9. The number of hydrogen-bond acceptors (Lipinski definition) is 4. The molecule has 2 aromatic rings. The molecule has 0 bridgehead atoms. The topological polar surface area (TPSA) is 67.9 Å². The van der Waals surface area contributed by atoms with Gasteiger partial charge in [-0.05, 0) is 55.5 Å². The zero-order chi connectivity index (χ0) is 23.5. The highest BCUT2D eigenvalue weighted by molar-refractivity contribution is 5.87. The number of ether oxygens (including phenoxy) is 2. The minimum absolute atomic E-state index is 0.0545. The first-order valence-corrected chi connectivity index (χ1v) is 11.2. The first-order valence-electron chi connectivity index (χ1n) is 11.2. The summed E-state index contributed by atoms with van der Waals surface area (Å²) in [6.45, 7) is 6.93. The van der Waals surface area contributed by atoms with Gasteiger partial charge in [-0.2, -0.15) is 0 Å². The first-order chi connectivity index (χ1) is 15.4. The second-order valence-electron chi connectivity index (χ2n) is 7.96. The Kier molecular flexibility index (Phi) is 10.1. The van der Waals surface area contributed by atoms with Crippen molar-refractivity contribution in [2.45, 2.75) is 59.0 Å². The molecule has 0 aliphatic heterocycles. The number of rotatable bonds is 12. The van der Waals surface area contributed by atoms with E-state index in [4.69, 9.17) is 9.47 Å². The average molecular weight is 441 g/mol. The lowest BCUT2D eigenvalue weighted by atomic mass is 10.1. The van der Waals surface area contributed by atoms with Crippen molar-refractivity contribution >= 4 is 11.8 Å². The third-order valence-electron chi connectivity index (χ3n) is 5.67. The summed E-state index contributed by atoms with van der Waals surface area (Å²) in [6, 6.07) is 13.1. The standard InChI is InChI=1S/C26H36N2O4/c1-6-7-16-27-26(30)20(3)28(18-22-11-9-8-10-19(22)2)25(29)15-13-21-12-14-23(31-4)24(17-21)32-5/h8-12,14,17,20H,6-7,13,15-16,18H2,1-5H3,(H,27,30). The number of amides is 2. The molecule has 1 unspecified atom stereocenters. The largest absolute Gasteiger partial charge is 0.493 e. The van der Waals surface area contributed by atoms with Crippen molar-refractivity contribution in [1.82, 2.24) is 10.2 Å². The van der Waals surface area contributed by atoms with E-state index in [1.165, 1.54) is 0 Å². The van der Waals surface area contributed by atoms with Gasteiger partial charge in [0.25, 0.3) is 0 Å². The lowest BCUT2D eigenvalue weighted by Gasteiger charge is -2.29. The Morgan fingerprint density at radius 1 is 1.06 bits per heavy atom. The summed E-state index contributed by atoms with van der Waals surface area (Å²) in [5.41, 5.74) is 3.12. The van der Waals surface area contributed by atoms with Crippen LogP contribution in [0.15, 0.2) is 42.5 Å². The maximum Gasteiger partial charge on any atom is 0.242 e. The minimum atomic E-state index is -0.552. The van der Waals surface area contributed by atoms with Crippen LogP contribution in [-0.2, 0) is 22.6 Å². The van der Waals surface area contributed by atoms with Crippen molar-refractivity contribution in [3.8, 4) is 11.5 Å². The molecule has 2 rings (SSSR count). The molecule has 0 saturated heterocycles. The molecule has 0 spiro atoms. The van der Waals surface area contributed by atoms with Crippen LogP contribution in [-0.4, -0.2) is 43.5 Å². The number of methoxy groups -OCH3 is 2. The summed E-state index contributed by atoms with van der Waals surface area (Å²) >= 11 is 0. The molecule has 1 atom stereocenters. The lowest BCUT2D eigenvalue weighted by Crippen LogP contribution is -2.48. The van der Waals surface area contributed by atoms with Crippen molar-refractivity contribution in [1.29, 1.82) is 0 Å². The number of unbranched alkanes of at least 4 members (excludes halogenated alkanes) is 1. The summed E-state index contributed by atoms with van der Waals surface area (Å²) in [7, 11) is 3.19. The van der Waals surface area contributed by atoms with Gasteiger partial charge in [-0.15, -0.1) is 0 Å². The number of nitrogens with one attached hydrogen (secondary N) is 1. The van der Waals surface area contributed by atoms with Gasteiger partial charge < -0.3 is 19.7 Å². The van der Waals surface area contributed by atoms with Gasteiger partial charge in [-0.25, -0.2) is 0 Å². The van der Waals surface area contributed by atoms with Gasteiger partial charge in [0.2, 0.25) is 11.8 Å². The van der Waals surface area contributed by atoms with Crippen LogP contribution in [0.25, 0.3) is 0 Å². The normalized spacial score (nSPS) is 11.5. The molecule has 32 heavy (non-hydrogen) atoms. The van der Waals surface area contributed by atoms with Gasteiger partial charge in [0.15, 0.2) is 11.5 Å². The Bertz CT molecular complexity index is 897. The van der Waals surface area contributed by atoms with Crippen molar-refractivity contribution in [2.75, 3.05) is 20.8 Å². The van der Waals surface area contributed by atoms with E-state index in [1.54, 1.807) is 26.0 Å². The quantitative estimate of drug-likeness (QED) is 0.500. The minimum Gasteiger partial charge on any atom is -0.493 e. The third-order valence-corrected chi connectivity index (χ3v) is 5.67. The molecule has 0 aromatic heterocycles. The molecule has 1 N–H and O–H groups in total. The fourth-order valence-electron chi connectivity index (χ4n) is 3.52. The van der Waals surface area contributed by atoms with E-state index in [2.05, 4.69) is 12.2 Å². The average Bonchev–Trinajstić information content (AvgIpc) is 2.81. The number of benzene rings is 2. The van der Waals surface area contributed by atoms with Crippen LogP contribution >= 0.6 is 0 Å². The maximum absolute atomic E-state index is 13.3. The highest BCUT2D eigenvalue weighted by Crippen LogP contribution is 2.28. The molecule has 0 heterocycles. The van der Waals surface area contributed by atoms with E-state index in [-0.39, 0.29) is 11.8 Å². The summed E-state index contributed by atoms with van der Waals surface area (Å²) in [5, 5.41) is 2.96. The molecule has 0 radical (unpaired) electrons. The molecular weight excluding hydrogens is 404 g/mol. The van der Waals surface area contributed by atoms with Gasteiger partial charge in [0.1, 0.15) is 6.04 Å². The van der Waals surface area contributed by atoms with E-state index >= 15 is 0 Å². The molecule has 0 saturated carbocycles. The third kappa shape index (κ3) is 7.01. The fourth-order valence-corrected chi connectivity index (χ4v) is 3.52. The van der Waals surface area contributed by atoms with Crippen molar-refractivity contribution in [3.05, 3.63) is 59.2 Å². The molecule has 6 heteroatoms. The van der Waals surface area contributed by atoms with Crippen molar-refractivity contribution in [3.63, 3.8) is 0 Å². The molecular formula is C26H36N2O4. The summed E-state index contributed by atoms with van der Waals surface area (Å²) < 4.78 is 10.7. The van der Waals surface area contributed by atoms with Gasteiger partial charge in [-0.3, -0.25) is 9.59 Å². The number of hydrogen-bond donors (Lipinski definition) is 1. The van der Waals surface area contributed by atoms with E-state index in [1.807, 2.05) is 49.4 Å². The fraction of sp³-hybridized carbons (Fsp3) is 0.462. The van der Waals surface area contributed by atoms with Crippen LogP contribution in [0.4, 0.5) is 0 Å². The Morgan fingerprint density at radius 3 is 2.44 bits per heavy atom. The van der Waals surface area contributed by atoms with Crippen LogP contribution < -0.4 is 14.8 Å². The van der Waals surface area contributed by atoms with Crippen LogP contribution in [0.5, 0.6) is 11.5 Å². The summed E-state index contributed by atoms with van der Waals surface area (Å²) in [4.78, 5) is 27.7. The number of carbonyl (C=O) groups excluding carboxylic acids is 2. The molecule has 0 aliphatic carbocycles. The molecule has 0 aliphatic rings. The van der Waals surface area contributed by atoms with Crippen LogP contribution in [0, 0.1) is 6.92 Å². The number of carbonyl (C=O) groups is 2. The van der Waals surface area contributed by atoms with Crippen LogP contribution in [0.1, 0.15) is 49.8 Å². The number of aryl methyl sites for hydroxylation is 2. The first kappa shape index (κ1) is 25.2. The maximum atomic E-state index is 13.3. The Balaban J connectivity index is 2.15. The van der Waals surface area contributed by atoms with Crippen molar-refractivity contribution in [2.24, 2.45) is 0 Å². The summed E-state index contributed by atoms with van der Waals surface area (Å²) in [5.74, 6) is 1.12. The van der Waals surface area contributed by atoms with Gasteiger partial charge in [-0.1, -0.05) is 43.7 Å². The van der Waals surface area contributed by atoms with Gasteiger partial charge >= 0.3 is 0 Å².